The van der Waals surface area contributed by atoms with Gasteiger partial charge in [-0.2, -0.15) is 0 Å². The second kappa shape index (κ2) is 6.39. The number of hydrogen-bond donors (Lipinski definition) is 2. The Morgan fingerprint density at radius 1 is 1.23 bits per heavy atom. The van der Waals surface area contributed by atoms with Crippen LogP contribution in [0.3, 0.4) is 0 Å². The van der Waals surface area contributed by atoms with Crippen LogP contribution in [0.4, 0.5) is 5.82 Å². The number of carbonyl (C=O) groups is 1. The molecular formula is C13H13ClN4O3S. The van der Waals surface area contributed by atoms with Crippen molar-refractivity contribution >= 4 is 33.3 Å². The van der Waals surface area contributed by atoms with E-state index in [-0.39, 0.29) is 16.0 Å². The normalized spacial score (nSPS) is 11.2. The van der Waals surface area contributed by atoms with Crippen LogP contribution >= 0.6 is 11.6 Å². The number of carbonyl (C=O) groups excluding carboxylic acids is 1. The number of hydrogen-bond acceptors (Lipinski definition) is 5. The smallest absolute Gasteiger partial charge is 0.243 e. The molecule has 0 atom stereocenters. The third-order valence-electron chi connectivity index (χ3n) is 2.76. The molecule has 7 nitrogen and oxygen atoms in total. The molecule has 0 fully saturated rings. The van der Waals surface area contributed by atoms with Gasteiger partial charge in [-0.25, -0.2) is 23.1 Å². The van der Waals surface area contributed by atoms with Crippen molar-refractivity contribution in [2.75, 3.05) is 12.4 Å². The maximum Gasteiger partial charge on any atom is 0.243 e. The minimum Gasteiger partial charge on any atom is -0.311 e. The van der Waals surface area contributed by atoms with Crippen molar-refractivity contribution in [2.45, 2.75) is 11.8 Å². The van der Waals surface area contributed by atoms with Crippen LogP contribution in [0.15, 0.2) is 35.5 Å². The number of pyridine rings is 2. The molecule has 0 aliphatic rings. The van der Waals surface area contributed by atoms with Gasteiger partial charge in [0.1, 0.15) is 15.9 Å². The second-order valence-electron chi connectivity index (χ2n) is 4.33. The molecular weight excluding hydrogens is 328 g/mol. The van der Waals surface area contributed by atoms with Gasteiger partial charge in [-0.15, -0.1) is 0 Å². The molecule has 2 N–H and O–H groups in total. The number of rotatable bonds is 4. The molecule has 2 aromatic rings. The Kier molecular flexibility index (Phi) is 4.74. The molecule has 22 heavy (non-hydrogen) atoms. The number of nitrogens with one attached hydrogen (secondary N) is 2. The van der Waals surface area contributed by atoms with Gasteiger partial charge in [0.25, 0.3) is 0 Å². The first-order valence-electron chi connectivity index (χ1n) is 6.16. The van der Waals surface area contributed by atoms with E-state index < -0.39 is 10.0 Å². The van der Waals surface area contributed by atoms with E-state index in [2.05, 4.69) is 20.0 Å². The molecule has 0 aliphatic heterocycles. The summed E-state index contributed by atoms with van der Waals surface area (Å²) in [5.41, 5.74) is 1.18. The second-order valence-corrected chi connectivity index (χ2v) is 6.54. The van der Waals surface area contributed by atoms with Crippen molar-refractivity contribution in [3.05, 3.63) is 35.7 Å². The van der Waals surface area contributed by atoms with Gasteiger partial charge >= 0.3 is 0 Å². The lowest BCUT2D eigenvalue weighted by molar-refractivity contribution is -0.114. The predicted octanol–water partition coefficient (Wildman–Crippen LogP) is 1.66. The Balaban J connectivity index is 2.50. The maximum atomic E-state index is 11.9. The third kappa shape index (κ3) is 3.59. The van der Waals surface area contributed by atoms with E-state index in [1.807, 2.05) is 0 Å². The van der Waals surface area contributed by atoms with Gasteiger partial charge in [0.05, 0.1) is 0 Å². The highest BCUT2D eigenvalue weighted by molar-refractivity contribution is 7.89. The largest absolute Gasteiger partial charge is 0.311 e. The highest BCUT2D eigenvalue weighted by Crippen LogP contribution is 2.26. The fraction of sp³-hybridized carbons (Fsp3) is 0.154. The molecule has 0 radical (unpaired) electrons. The highest BCUT2D eigenvalue weighted by atomic mass is 35.5. The standard InChI is InChI=1S/C13H13ClN4O3S/c1-8(19)18-12-6-9(3-4-16-12)10-5-11(13(14)17-7-10)22(20,21)15-2/h3-7,15H,1-2H3,(H,16,18,19). The molecule has 2 heterocycles. The Morgan fingerprint density at radius 2 is 1.95 bits per heavy atom. The lowest BCUT2D eigenvalue weighted by atomic mass is 10.1. The molecule has 0 aliphatic carbocycles. The Labute approximate surface area is 132 Å². The summed E-state index contributed by atoms with van der Waals surface area (Å²) in [5.74, 6) is 0.107. The van der Waals surface area contributed by atoms with Gasteiger partial charge in [0.15, 0.2) is 0 Å². The van der Waals surface area contributed by atoms with Crippen molar-refractivity contribution in [1.82, 2.24) is 14.7 Å². The van der Waals surface area contributed by atoms with Crippen molar-refractivity contribution in [3.63, 3.8) is 0 Å². The molecule has 0 saturated carbocycles. The zero-order valence-corrected chi connectivity index (χ0v) is 13.4. The maximum absolute atomic E-state index is 11.9. The van der Waals surface area contributed by atoms with Crippen LogP contribution in [0.2, 0.25) is 5.15 Å². The van der Waals surface area contributed by atoms with Crippen molar-refractivity contribution in [2.24, 2.45) is 0 Å². The summed E-state index contributed by atoms with van der Waals surface area (Å²) in [4.78, 5) is 18.8. The SMILES string of the molecule is CNS(=O)(=O)c1cc(-c2ccnc(NC(C)=O)c2)cnc1Cl. The van der Waals surface area contributed by atoms with Crippen molar-refractivity contribution in [1.29, 1.82) is 0 Å². The van der Waals surface area contributed by atoms with Gasteiger partial charge in [-0.1, -0.05) is 11.6 Å². The van der Waals surface area contributed by atoms with Gasteiger partial charge in [0.2, 0.25) is 15.9 Å². The first-order chi connectivity index (χ1) is 10.3. The topological polar surface area (TPSA) is 101 Å². The zero-order valence-electron chi connectivity index (χ0n) is 11.8. The number of aromatic nitrogens is 2. The molecule has 116 valence electrons. The first-order valence-corrected chi connectivity index (χ1v) is 8.02. The number of nitrogens with zero attached hydrogens (tertiary/aromatic N) is 2. The van der Waals surface area contributed by atoms with E-state index >= 15 is 0 Å². The Hall–Kier alpha value is -2.03. The Morgan fingerprint density at radius 3 is 2.59 bits per heavy atom. The van der Waals surface area contributed by atoms with E-state index in [4.69, 9.17) is 11.6 Å². The van der Waals surface area contributed by atoms with E-state index in [0.29, 0.717) is 16.9 Å². The van der Waals surface area contributed by atoms with E-state index in [0.717, 1.165) is 0 Å². The summed E-state index contributed by atoms with van der Waals surface area (Å²) in [7, 11) is -2.43. The van der Waals surface area contributed by atoms with E-state index in [1.165, 1.54) is 32.4 Å². The Bertz CT molecular complexity index is 824. The molecule has 0 saturated heterocycles. The summed E-state index contributed by atoms with van der Waals surface area (Å²) in [6, 6.07) is 4.70. The average Bonchev–Trinajstić information content (AvgIpc) is 2.47. The molecule has 2 rings (SSSR count). The molecule has 0 aromatic carbocycles. The van der Waals surface area contributed by atoms with Crippen LogP contribution in [-0.4, -0.2) is 31.3 Å². The minimum absolute atomic E-state index is 0.116. The lowest BCUT2D eigenvalue weighted by Gasteiger charge is -2.08. The molecule has 0 spiro atoms. The number of halogens is 1. The summed E-state index contributed by atoms with van der Waals surface area (Å²) in [6.45, 7) is 1.37. The summed E-state index contributed by atoms with van der Waals surface area (Å²) >= 11 is 5.85. The van der Waals surface area contributed by atoms with Gasteiger partial charge in [0, 0.05) is 24.9 Å². The quantitative estimate of drug-likeness (QED) is 0.824. The van der Waals surface area contributed by atoms with Gasteiger partial charge in [-0.05, 0) is 30.8 Å². The van der Waals surface area contributed by atoms with Gasteiger partial charge < -0.3 is 5.32 Å². The molecule has 9 heteroatoms. The first kappa shape index (κ1) is 16.3. The molecule has 2 aromatic heterocycles. The minimum atomic E-state index is -3.72. The van der Waals surface area contributed by atoms with Crippen LogP contribution in [-0.2, 0) is 14.8 Å². The highest BCUT2D eigenvalue weighted by Gasteiger charge is 2.18. The van der Waals surface area contributed by atoms with Crippen molar-refractivity contribution in [3.8, 4) is 11.1 Å². The van der Waals surface area contributed by atoms with Crippen molar-refractivity contribution < 1.29 is 13.2 Å². The van der Waals surface area contributed by atoms with E-state index in [9.17, 15) is 13.2 Å². The van der Waals surface area contributed by atoms with Crippen LogP contribution in [0, 0.1) is 0 Å². The van der Waals surface area contributed by atoms with Crippen LogP contribution < -0.4 is 10.0 Å². The lowest BCUT2D eigenvalue weighted by Crippen LogP contribution is -2.19. The molecule has 1 amide bonds. The molecule has 0 bridgehead atoms. The van der Waals surface area contributed by atoms with Crippen LogP contribution in [0.1, 0.15) is 6.92 Å². The zero-order chi connectivity index (χ0) is 16.3. The number of sulfonamides is 1. The number of amides is 1. The summed E-state index contributed by atoms with van der Waals surface area (Å²) < 4.78 is 26.0. The number of anilines is 1. The molecule has 0 unspecified atom stereocenters. The van der Waals surface area contributed by atoms with Gasteiger partial charge in [-0.3, -0.25) is 4.79 Å². The van der Waals surface area contributed by atoms with E-state index in [1.54, 1.807) is 12.1 Å². The monoisotopic (exact) mass is 340 g/mol. The summed E-state index contributed by atoms with van der Waals surface area (Å²) in [5, 5.41) is 2.44. The average molecular weight is 341 g/mol. The third-order valence-corrected chi connectivity index (χ3v) is 4.60. The summed E-state index contributed by atoms with van der Waals surface area (Å²) in [6.07, 6.45) is 2.95. The van der Waals surface area contributed by atoms with Crippen LogP contribution in [0.5, 0.6) is 0 Å². The predicted molar refractivity (Wildman–Crippen MR) is 83.0 cm³/mol. The fourth-order valence-corrected chi connectivity index (χ4v) is 2.93. The fourth-order valence-electron chi connectivity index (χ4n) is 1.74. The van der Waals surface area contributed by atoms with Crippen LogP contribution in [0.25, 0.3) is 11.1 Å².